The van der Waals surface area contributed by atoms with Crippen molar-refractivity contribution in [3.05, 3.63) is 0 Å². The Morgan fingerprint density at radius 3 is 2.60 bits per heavy atom. The van der Waals surface area contributed by atoms with Gasteiger partial charge < -0.3 is 15.0 Å². The summed E-state index contributed by atoms with van der Waals surface area (Å²) < 4.78 is 5.49. The molecule has 2 aliphatic heterocycles. The molecule has 1 N–H and O–H groups in total. The zero-order valence-corrected chi connectivity index (χ0v) is 9.87. The molecule has 15 heavy (non-hydrogen) atoms. The molecule has 2 heterocycles. The maximum Gasteiger partial charge on any atom is 0.0509 e. The van der Waals surface area contributed by atoms with Crippen LogP contribution in [0.2, 0.25) is 0 Å². The van der Waals surface area contributed by atoms with E-state index in [-0.39, 0.29) is 0 Å². The van der Waals surface area contributed by atoms with Crippen LogP contribution in [0.3, 0.4) is 0 Å². The van der Waals surface area contributed by atoms with E-state index in [1.807, 2.05) is 0 Å². The van der Waals surface area contributed by atoms with Gasteiger partial charge in [0, 0.05) is 12.6 Å². The first-order chi connectivity index (χ1) is 7.38. The molecule has 2 rings (SSSR count). The lowest BCUT2D eigenvalue weighted by Gasteiger charge is -2.33. The Bertz CT molecular complexity index is 172. The van der Waals surface area contributed by atoms with Crippen molar-refractivity contribution in [2.45, 2.75) is 32.2 Å². The molecule has 2 saturated heterocycles. The Morgan fingerprint density at radius 1 is 1.27 bits per heavy atom. The van der Waals surface area contributed by atoms with Gasteiger partial charge in [-0.3, -0.25) is 0 Å². The number of hydrogen-bond acceptors (Lipinski definition) is 3. The largest absolute Gasteiger partial charge is 0.381 e. The van der Waals surface area contributed by atoms with E-state index in [0.29, 0.717) is 6.04 Å². The predicted octanol–water partition coefficient (Wildman–Crippen LogP) is 1.10. The second kappa shape index (κ2) is 5.83. The van der Waals surface area contributed by atoms with Crippen molar-refractivity contribution in [1.29, 1.82) is 0 Å². The summed E-state index contributed by atoms with van der Waals surface area (Å²) in [6.45, 7) is 9.22. The molecule has 2 aliphatic rings. The summed E-state index contributed by atoms with van der Waals surface area (Å²) in [5.41, 5.74) is 0. The molecule has 2 atom stereocenters. The second-order valence-corrected chi connectivity index (χ2v) is 4.86. The Hall–Kier alpha value is -0.120. The monoisotopic (exact) mass is 212 g/mol. The standard InChI is InChI=1S/C12H24N2O/c1-11(12-4-9-15-10-12)14-7-2-5-13-6-3-8-14/h11-13H,2-10H2,1H3. The highest BCUT2D eigenvalue weighted by Crippen LogP contribution is 2.21. The van der Waals surface area contributed by atoms with Gasteiger partial charge >= 0.3 is 0 Å². The van der Waals surface area contributed by atoms with Crippen LogP contribution in [-0.4, -0.2) is 50.3 Å². The minimum Gasteiger partial charge on any atom is -0.381 e. The van der Waals surface area contributed by atoms with Gasteiger partial charge in [0.2, 0.25) is 0 Å². The lowest BCUT2D eigenvalue weighted by atomic mass is 9.98. The minimum absolute atomic E-state index is 0.714. The summed E-state index contributed by atoms with van der Waals surface area (Å²) in [5.74, 6) is 0.775. The van der Waals surface area contributed by atoms with Gasteiger partial charge in [0.25, 0.3) is 0 Å². The van der Waals surface area contributed by atoms with E-state index in [4.69, 9.17) is 4.74 Å². The van der Waals surface area contributed by atoms with Crippen molar-refractivity contribution in [2.75, 3.05) is 39.4 Å². The van der Waals surface area contributed by atoms with Gasteiger partial charge in [-0.15, -0.1) is 0 Å². The van der Waals surface area contributed by atoms with E-state index in [1.165, 1.54) is 45.4 Å². The van der Waals surface area contributed by atoms with E-state index in [0.717, 1.165) is 19.1 Å². The van der Waals surface area contributed by atoms with Crippen molar-refractivity contribution in [1.82, 2.24) is 10.2 Å². The summed E-state index contributed by atoms with van der Waals surface area (Å²) in [5, 5.41) is 3.46. The van der Waals surface area contributed by atoms with Crippen LogP contribution in [0.4, 0.5) is 0 Å². The fraction of sp³-hybridized carbons (Fsp3) is 1.00. The molecule has 0 bridgehead atoms. The molecule has 2 fully saturated rings. The molecular weight excluding hydrogens is 188 g/mol. The number of ether oxygens (including phenoxy) is 1. The zero-order valence-electron chi connectivity index (χ0n) is 9.87. The van der Waals surface area contributed by atoms with Gasteiger partial charge in [0.15, 0.2) is 0 Å². The van der Waals surface area contributed by atoms with E-state index in [9.17, 15) is 0 Å². The summed E-state index contributed by atoms with van der Waals surface area (Å²) in [7, 11) is 0. The van der Waals surface area contributed by atoms with Crippen LogP contribution >= 0.6 is 0 Å². The molecular formula is C12H24N2O. The SMILES string of the molecule is CC(C1CCOC1)N1CCCNCCC1. The first kappa shape index (κ1) is 11.4. The highest BCUT2D eigenvalue weighted by Gasteiger charge is 2.26. The van der Waals surface area contributed by atoms with Gasteiger partial charge in [-0.2, -0.15) is 0 Å². The van der Waals surface area contributed by atoms with Crippen molar-refractivity contribution in [3.63, 3.8) is 0 Å². The van der Waals surface area contributed by atoms with Crippen LogP contribution < -0.4 is 5.32 Å². The van der Waals surface area contributed by atoms with Crippen LogP contribution in [-0.2, 0) is 4.74 Å². The Balaban J connectivity index is 1.82. The Morgan fingerprint density at radius 2 is 2.00 bits per heavy atom. The fourth-order valence-electron chi connectivity index (χ4n) is 2.69. The second-order valence-electron chi connectivity index (χ2n) is 4.86. The molecule has 0 aromatic heterocycles. The number of hydrogen-bond donors (Lipinski definition) is 1. The van der Waals surface area contributed by atoms with Gasteiger partial charge in [-0.05, 0) is 58.3 Å². The molecule has 88 valence electrons. The third-order valence-electron chi connectivity index (χ3n) is 3.82. The summed E-state index contributed by atoms with van der Waals surface area (Å²) >= 11 is 0. The van der Waals surface area contributed by atoms with Gasteiger partial charge in [-0.1, -0.05) is 0 Å². The van der Waals surface area contributed by atoms with Crippen LogP contribution in [0.5, 0.6) is 0 Å². The Kier molecular flexibility index (Phi) is 4.42. The number of nitrogens with one attached hydrogen (secondary N) is 1. The molecule has 0 amide bonds. The van der Waals surface area contributed by atoms with Gasteiger partial charge in [0.05, 0.1) is 6.61 Å². The molecule has 3 nitrogen and oxygen atoms in total. The van der Waals surface area contributed by atoms with Gasteiger partial charge in [-0.25, -0.2) is 0 Å². The molecule has 0 aromatic carbocycles. The van der Waals surface area contributed by atoms with Crippen LogP contribution in [0.15, 0.2) is 0 Å². The summed E-state index contributed by atoms with van der Waals surface area (Å²) in [6, 6.07) is 0.714. The fourth-order valence-corrected chi connectivity index (χ4v) is 2.69. The van der Waals surface area contributed by atoms with E-state index in [1.54, 1.807) is 0 Å². The predicted molar refractivity (Wildman–Crippen MR) is 62.1 cm³/mol. The highest BCUT2D eigenvalue weighted by atomic mass is 16.5. The van der Waals surface area contributed by atoms with Crippen LogP contribution in [0, 0.1) is 5.92 Å². The summed E-state index contributed by atoms with van der Waals surface area (Å²) in [4.78, 5) is 2.67. The molecule has 0 saturated carbocycles. The maximum absolute atomic E-state index is 5.49. The third-order valence-corrected chi connectivity index (χ3v) is 3.82. The summed E-state index contributed by atoms with van der Waals surface area (Å²) in [6.07, 6.45) is 3.84. The average molecular weight is 212 g/mol. The first-order valence-electron chi connectivity index (χ1n) is 6.40. The van der Waals surface area contributed by atoms with Crippen molar-refractivity contribution in [2.24, 2.45) is 5.92 Å². The molecule has 0 aliphatic carbocycles. The minimum atomic E-state index is 0.714. The van der Waals surface area contributed by atoms with E-state index in [2.05, 4.69) is 17.1 Å². The normalized spacial score (nSPS) is 32.2. The molecule has 3 heteroatoms. The quantitative estimate of drug-likeness (QED) is 0.742. The van der Waals surface area contributed by atoms with Crippen molar-refractivity contribution < 1.29 is 4.74 Å². The van der Waals surface area contributed by atoms with E-state index >= 15 is 0 Å². The van der Waals surface area contributed by atoms with E-state index < -0.39 is 0 Å². The topological polar surface area (TPSA) is 24.5 Å². The zero-order chi connectivity index (χ0) is 10.5. The highest BCUT2D eigenvalue weighted by molar-refractivity contribution is 4.79. The lowest BCUT2D eigenvalue weighted by molar-refractivity contribution is 0.122. The smallest absolute Gasteiger partial charge is 0.0509 e. The van der Waals surface area contributed by atoms with Crippen molar-refractivity contribution in [3.8, 4) is 0 Å². The van der Waals surface area contributed by atoms with Crippen molar-refractivity contribution >= 4 is 0 Å². The van der Waals surface area contributed by atoms with Crippen LogP contribution in [0.1, 0.15) is 26.2 Å². The first-order valence-corrected chi connectivity index (χ1v) is 6.40. The lowest BCUT2D eigenvalue weighted by Crippen LogP contribution is -2.43. The van der Waals surface area contributed by atoms with Crippen LogP contribution in [0.25, 0.3) is 0 Å². The Labute approximate surface area is 93.2 Å². The molecule has 0 spiro atoms. The molecule has 0 radical (unpaired) electrons. The average Bonchev–Trinajstić information content (AvgIpc) is 2.68. The third kappa shape index (κ3) is 3.16. The number of rotatable bonds is 2. The molecule has 0 aromatic rings. The molecule has 2 unspecified atom stereocenters. The number of nitrogens with zero attached hydrogens (tertiary/aromatic N) is 1. The van der Waals surface area contributed by atoms with Gasteiger partial charge in [0.1, 0.15) is 0 Å². The maximum atomic E-state index is 5.49.